The highest BCUT2D eigenvalue weighted by molar-refractivity contribution is 5.90. The summed E-state index contributed by atoms with van der Waals surface area (Å²) >= 11 is 0. The van der Waals surface area contributed by atoms with Gasteiger partial charge in [-0.2, -0.15) is 0 Å². The highest BCUT2D eigenvalue weighted by atomic mass is 16.2. The first-order chi connectivity index (χ1) is 23.7. The molecule has 2 aliphatic rings. The normalized spacial score (nSPS) is 21.4. The lowest BCUT2D eigenvalue weighted by atomic mass is 9.98. The number of hydrogen-bond donors (Lipinski definition) is 3. The van der Waals surface area contributed by atoms with Crippen molar-refractivity contribution in [2.45, 2.75) is 71.1 Å². The SMILES string of the molecule is CC(C)C(NC=O)C(=O)N1CCC[C@H]1c1ncc(-c2ccc3cc(-c4ccc(-c5cnc(C6C[C@@H](C)C(C)N6C=O)[nH]5)cc4)ccc3c2)[nH]1. The molecule has 10 nitrogen and oxygen atoms in total. The Morgan fingerprint density at radius 2 is 1.43 bits per heavy atom. The van der Waals surface area contributed by atoms with Crippen molar-refractivity contribution < 1.29 is 14.4 Å². The number of imidazole rings is 2. The van der Waals surface area contributed by atoms with Crippen molar-refractivity contribution in [3.63, 3.8) is 0 Å². The van der Waals surface area contributed by atoms with E-state index in [0.717, 1.165) is 81.7 Å². The fourth-order valence-electron chi connectivity index (χ4n) is 7.53. The van der Waals surface area contributed by atoms with Gasteiger partial charge in [0.15, 0.2) is 0 Å². The van der Waals surface area contributed by atoms with E-state index in [2.05, 4.69) is 94.8 Å². The third kappa shape index (κ3) is 6.11. The van der Waals surface area contributed by atoms with Gasteiger partial charge in [-0.1, -0.05) is 69.3 Å². The molecule has 3 unspecified atom stereocenters. The van der Waals surface area contributed by atoms with Crippen molar-refractivity contribution in [1.29, 1.82) is 0 Å². The van der Waals surface area contributed by atoms with E-state index < -0.39 is 6.04 Å². The van der Waals surface area contributed by atoms with Crippen LogP contribution in [0.25, 0.3) is 44.4 Å². The number of aromatic amines is 2. The van der Waals surface area contributed by atoms with E-state index in [4.69, 9.17) is 4.98 Å². The third-order valence-electron chi connectivity index (χ3n) is 10.6. The van der Waals surface area contributed by atoms with Crippen LogP contribution >= 0.6 is 0 Å². The lowest BCUT2D eigenvalue weighted by Gasteiger charge is -2.29. The molecular weight excluding hydrogens is 614 g/mol. The Morgan fingerprint density at radius 1 is 0.837 bits per heavy atom. The summed E-state index contributed by atoms with van der Waals surface area (Å²) in [5.74, 6) is 1.96. The molecule has 5 atom stereocenters. The minimum atomic E-state index is -0.549. The van der Waals surface area contributed by atoms with Crippen LogP contribution in [-0.2, 0) is 14.4 Å². The third-order valence-corrected chi connectivity index (χ3v) is 10.6. The van der Waals surface area contributed by atoms with Crippen molar-refractivity contribution in [2.75, 3.05) is 6.54 Å². The van der Waals surface area contributed by atoms with Crippen LogP contribution in [0.3, 0.4) is 0 Å². The number of amides is 3. The first kappa shape index (κ1) is 32.3. The van der Waals surface area contributed by atoms with E-state index in [1.165, 1.54) is 0 Å². The van der Waals surface area contributed by atoms with Crippen molar-refractivity contribution in [1.82, 2.24) is 35.1 Å². The molecule has 3 aromatic carbocycles. The number of rotatable bonds is 10. The van der Waals surface area contributed by atoms with Crippen LogP contribution in [0, 0.1) is 11.8 Å². The quantitative estimate of drug-likeness (QED) is 0.145. The fraction of sp³-hybridized carbons (Fsp3) is 0.359. The standard InChI is InChI=1S/C39H43N7O3/c1-23(2)36(42-21-47)39(49)45-15-5-6-34(45)37-40-20-33(44-37)31-14-13-29-17-28(11-12-30(29)18-31)26-7-9-27(10-8-26)32-19-41-38(43-32)35-16-24(3)25(4)46(35)22-48/h7-14,17-25,34-36H,5-6,15-16H2,1-4H3,(H,40,44)(H,41,43)(H,42,47)/t24-,25?,34+,35?,36?/m1/s1. The summed E-state index contributed by atoms with van der Waals surface area (Å²) in [5, 5.41) is 4.96. The zero-order valence-electron chi connectivity index (χ0n) is 28.4. The molecule has 10 heteroatoms. The van der Waals surface area contributed by atoms with Gasteiger partial charge in [0.2, 0.25) is 18.7 Å². The maximum Gasteiger partial charge on any atom is 0.246 e. The van der Waals surface area contributed by atoms with Crippen molar-refractivity contribution in [3.05, 3.63) is 84.7 Å². The van der Waals surface area contributed by atoms with Gasteiger partial charge in [0.05, 0.1) is 35.9 Å². The number of hydrogen-bond acceptors (Lipinski definition) is 5. The molecule has 0 bridgehead atoms. The van der Waals surface area contributed by atoms with Gasteiger partial charge in [-0.05, 0) is 77.6 Å². The smallest absolute Gasteiger partial charge is 0.246 e. The summed E-state index contributed by atoms with van der Waals surface area (Å²) in [7, 11) is 0. The topological polar surface area (TPSA) is 127 Å². The average Bonchev–Trinajstić information content (AvgIpc) is 3.94. The van der Waals surface area contributed by atoms with Crippen molar-refractivity contribution in [3.8, 4) is 33.6 Å². The van der Waals surface area contributed by atoms with Gasteiger partial charge in [0.1, 0.15) is 17.7 Å². The summed E-state index contributed by atoms with van der Waals surface area (Å²) in [6, 6.07) is 20.8. The zero-order valence-corrected chi connectivity index (χ0v) is 28.4. The number of fused-ring (bicyclic) bond motifs is 1. The summed E-state index contributed by atoms with van der Waals surface area (Å²) in [6.07, 6.45) is 7.88. The first-order valence-corrected chi connectivity index (χ1v) is 17.2. The van der Waals surface area contributed by atoms with Crippen LogP contribution in [0.15, 0.2) is 73.1 Å². The molecule has 2 saturated heterocycles. The number of nitrogens with zero attached hydrogens (tertiary/aromatic N) is 4. The van der Waals surface area contributed by atoms with E-state index in [0.29, 0.717) is 18.9 Å². The predicted molar refractivity (Wildman–Crippen MR) is 190 cm³/mol. The molecule has 0 aliphatic carbocycles. The minimum Gasteiger partial charge on any atom is -0.347 e. The highest BCUT2D eigenvalue weighted by Crippen LogP contribution is 2.38. The molecule has 49 heavy (non-hydrogen) atoms. The molecule has 0 saturated carbocycles. The van der Waals surface area contributed by atoms with E-state index in [-0.39, 0.29) is 30.0 Å². The van der Waals surface area contributed by atoms with Gasteiger partial charge in [0.25, 0.3) is 0 Å². The van der Waals surface area contributed by atoms with E-state index >= 15 is 0 Å². The van der Waals surface area contributed by atoms with Crippen molar-refractivity contribution in [2.24, 2.45) is 11.8 Å². The number of carbonyl (C=O) groups excluding carboxylic acids is 3. The Morgan fingerprint density at radius 3 is 2.08 bits per heavy atom. The fourth-order valence-corrected chi connectivity index (χ4v) is 7.53. The largest absolute Gasteiger partial charge is 0.347 e. The summed E-state index contributed by atoms with van der Waals surface area (Å²) in [4.78, 5) is 56.2. The van der Waals surface area contributed by atoms with Gasteiger partial charge in [-0.15, -0.1) is 0 Å². The molecular formula is C39H43N7O3. The molecule has 0 radical (unpaired) electrons. The molecule has 2 fully saturated rings. The number of likely N-dealkylation sites (tertiary alicyclic amines) is 2. The Kier molecular flexibility index (Phi) is 8.79. The molecule has 3 amide bonds. The summed E-state index contributed by atoms with van der Waals surface area (Å²) < 4.78 is 0. The van der Waals surface area contributed by atoms with E-state index in [1.807, 2.05) is 36.0 Å². The Hall–Kier alpha value is -5.25. The predicted octanol–water partition coefficient (Wildman–Crippen LogP) is 6.65. The van der Waals surface area contributed by atoms with Gasteiger partial charge >= 0.3 is 0 Å². The molecule has 3 N–H and O–H groups in total. The second-order valence-electron chi connectivity index (χ2n) is 13.9. The lowest BCUT2D eigenvalue weighted by Crippen LogP contribution is -2.48. The Balaban J connectivity index is 1.06. The molecule has 4 heterocycles. The number of H-pyrrole nitrogens is 2. The number of benzene rings is 3. The molecule has 5 aromatic rings. The molecule has 0 spiro atoms. The number of nitrogens with one attached hydrogen (secondary N) is 3. The van der Waals surface area contributed by atoms with Crippen LogP contribution in [0.2, 0.25) is 0 Å². The average molecular weight is 658 g/mol. The van der Waals surface area contributed by atoms with Crippen LogP contribution in [-0.4, -0.2) is 67.1 Å². The summed E-state index contributed by atoms with van der Waals surface area (Å²) in [6.45, 7) is 8.80. The molecule has 7 rings (SSSR count). The second-order valence-corrected chi connectivity index (χ2v) is 13.9. The zero-order chi connectivity index (χ0) is 34.2. The van der Waals surface area contributed by atoms with Crippen LogP contribution in [0.1, 0.15) is 70.7 Å². The van der Waals surface area contributed by atoms with Gasteiger partial charge in [-0.3, -0.25) is 14.4 Å². The number of aromatic nitrogens is 4. The lowest BCUT2D eigenvalue weighted by molar-refractivity contribution is -0.137. The van der Waals surface area contributed by atoms with Gasteiger partial charge in [-0.25, -0.2) is 9.97 Å². The molecule has 2 aliphatic heterocycles. The highest BCUT2D eigenvalue weighted by Gasteiger charge is 2.38. The van der Waals surface area contributed by atoms with Crippen LogP contribution in [0.5, 0.6) is 0 Å². The molecule has 252 valence electrons. The number of carbonyl (C=O) groups is 3. The van der Waals surface area contributed by atoms with Crippen LogP contribution < -0.4 is 5.32 Å². The van der Waals surface area contributed by atoms with Crippen molar-refractivity contribution >= 4 is 29.5 Å². The maximum atomic E-state index is 13.3. The maximum absolute atomic E-state index is 13.3. The second kappa shape index (κ2) is 13.3. The van der Waals surface area contributed by atoms with Gasteiger partial charge < -0.3 is 25.1 Å². The Labute approximate surface area is 286 Å². The summed E-state index contributed by atoms with van der Waals surface area (Å²) in [5.41, 5.74) is 6.17. The van der Waals surface area contributed by atoms with Crippen LogP contribution in [0.4, 0.5) is 0 Å². The van der Waals surface area contributed by atoms with Gasteiger partial charge in [0, 0.05) is 18.2 Å². The first-order valence-electron chi connectivity index (χ1n) is 17.2. The van der Waals surface area contributed by atoms with E-state index in [9.17, 15) is 14.4 Å². The minimum absolute atomic E-state index is 0.00802. The molecule has 2 aromatic heterocycles. The van der Waals surface area contributed by atoms with E-state index in [1.54, 1.807) is 0 Å². The Bertz CT molecular complexity index is 1980. The monoisotopic (exact) mass is 657 g/mol.